The molecule has 1 N–H and O–H groups in total. The van der Waals surface area contributed by atoms with Gasteiger partial charge in [0.15, 0.2) is 0 Å². The molecule has 2 aliphatic rings. The van der Waals surface area contributed by atoms with E-state index in [1.807, 2.05) is 4.90 Å². The second-order valence-electron chi connectivity index (χ2n) is 6.75. The number of rotatable bonds is 5. The van der Waals surface area contributed by atoms with Crippen LogP contribution >= 0.6 is 0 Å². The molecule has 1 saturated heterocycles. The van der Waals surface area contributed by atoms with Crippen LogP contribution in [0.5, 0.6) is 0 Å². The van der Waals surface area contributed by atoms with Crippen molar-refractivity contribution in [1.82, 2.24) is 10.2 Å². The molecule has 1 heterocycles. The fraction of sp³-hybridized carbons (Fsp3) is 0.882. The molecule has 2 rings (SSSR count). The van der Waals surface area contributed by atoms with Gasteiger partial charge in [-0.05, 0) is 32.6 Å². The van der Waals surface area contributed by atoms with Crippen molar-refractivity contribution in [3.63, 3.8) is 0 Å². The number of piperazine rings is 1. The lowest BCUT2D eigenvalue weighted by Crippen LogP contribution is -2.72. The first-order valence-electron chi connectivity index (χ1n) is 8.71. The first-order valence-corrected chi connectivity index (χ1v) is 8.71. The number of carbonyl (C=O) groups excluding carboxylic acids is 2. The summed E-state index contributed by atoms with van der Waals surface area (Å²) in [5.74, 6) is 0.252. The number of hydrogen-bond donors (Lipinski definition) is 1. The minimum Gasteiger partial charge on any atom is -0.342 e. The molecule has 1 spiro atoms. The molecule has 0 radical (unpaired) electrons. The zero-order chi connectivity index (χ0) is 15.5. The quantitative estimate of drug-likeness (QED) is 0.847. The summed E-state index contributed by atoms with van der Waals surface area (Å²) in [4.78, 5) is 27.8. The van der Waals surface area contributed by atoms with Crippen LogP contribution in [-0.4, -0.2) is 34.3 Å². The second kappa shape index (κ2) is 6.80. The van der Waals surface area contributed by atoms with Gasteiger partial charge in [-0.1, -0.05) is 46.0 Å². The van der Waals surface area contributed by atoms with Crippen molar-refractivity contribution in [3.8, 4) is 0 Å². The van der Waals surface area contributed by atoms with Crippen molar-refractivity contribution in [3.05, 3.63) is 0 Å². The summed E-state index contributed by atoms with van der Waals surface area (Å²) < 4.78 is 0. The zero-order valence-electron chi connectivity index (χ0n) is 13.8. The van der Waals surface area contributed by atoms with Crippen LogP contribution < -0.4 is 5.32 Å². The third kappa shape index (κ3) is 2.95. The fourth-order valence-electron chi connectivity index (χ4n) is 4.12. The van der Waals surface area contributed by atoms with Crippen molar-refractivity contribution in [1.29, 1.82) is 0 Å². The van der Waals surface area contributed by atoms with Crippen LogP contribution in [-0.2, 0) is 9.59 Å². The van der Waals surface area contributed by atoms with Crippen molar-refractivity contribution in [2.75, 3.05) is 0 Å². The van der Waals surface area contributed by atoms with Gasteiger partial charge in [0.05, 0.1) is 0 Å². The fourth-order valence-corrected chi connectivity index (χ4v) is 4.12. The molecule has 1 aliphatic heterocycles. The number of nitrogens with one attached hydrogen (secondary N) is 1. The molecule has 2 fully saturated rings. The second-order valence-corrected chi connectivity index (χ2v) is 6.75. The van der Waals surface area contributed by atoms with Gasteiger partial charge in [-0.25, -0.2) is 0 Å². The highest BCUT2D eigenvalue weighted by Gasteiger charge is 2.53. The molecule has 1 aliphatic carbocycles. The zero-order valence-corrected chi connectivity index (χ0v) is 13.8. The molecule has 4 nitrogen and oxygen atoms in total. The lowest BCUT2D eigenvalue weighted by Gasteiger charge is -2.52. The normalized spacial score (nSPS) is 26.8. The number of carbonyl (C=O) groups is 2. The van der Waals surface area contributed by atoms with E-state index in [1.54, 1.807) is 0 Å². The van der Waals surface area contributed by atoms with E-state index in [2.05, 4.69) is 26.1 Å². The predicted octanol–water partition coefficient (Wildman–Crippen LogP) is 3.01. The topological polar surface area (TPSA) is 49.4 Å². The molecule has 2 amide bonds. The van der Waals surface area contributed by atoms with Gasteiger partial charge in [0.1, 0.15) is 11.6 Å². The molecule has 2 unspecified atom stereocenters. The maximum absolute atomic E-state index is 13.0. The Bertz CT molecular complexity index is 388. The van der Waals surface area contributed by atoms with Crippen LogP contribution in [0.2, 0.25) is 0 Å². The van der Waals surface area contributed by atoms with Crippen molar-refractivity contribution in [2.24, 2.45) is 0 Å². The Hall–Kier alpha value is -1.06. The van der Waals surface area contributed by atoms with Crippen LogP contribution in [0.1, 0.15) is 78.6 Å². The van der Waals surface area contributed by atoms with E-state index in [0.29, 0.717) is 0 Å². The molecule has 0 aromatic carbocycles. The van der Waals surface area contributed by atoms with Gasteiger partial charge in [0, 0.05) is 6.04 Å². The van der Waals surface area contributed by atoms with Gasteiger partial charge in [0.25, 0.3) is 0 Å². The SMILES string of the molecule is CCCC1NC(=O)C2(CCCCC2)N(C(C)CCC)C1=O. The molecule has 21 heavy (non-hydrogen) atoms. The summed E-state index contributed by atoms with van der Waals surface area (Å²) in [6.07, 6.45) is 8.62. The Kier molecular flexibility index (Phi) is 5.28. The van der Waals surface area contributed by atoms with E-state index in [0.717, 1.165) is 51.4 Å². The van der Waals surface area contributed by atoms with Gasteiger partial charge >= 0.3 is 0 Å². The van der Waals surface area contributed by atoms with E-state index in [9.17, 15) is 9.59 Å². The first kappa shape index (κ1) is 16.3. The van der Waals surface area contributed by atoms with Crippen LogP contribution in [0.15, 0.2) is 0 Å². The number of hydrogen-bond acceptors (Lipinski definition) is 2. The Morgan fingerprint density at radius 1 is 1.19 bits per heavy atom. The Labute approximate surface area is 128 Å². The minimum absolute atomic E-state index is 0.100. The first-order chi connectivity index (χ1) is 10.1. The molecule has 0 aromatic heterocycles. The standard InChI is InChI=1S/C17H30N2O2/c1-4-9-13(3)19-15(20)14(10-5-2)18-16(21)17(19)11-7-6-8-12-17/h13-14H,4-12H2,1-3H3,(H,18,21). The monoisotopic (exact) mass is 294 g/mol. The van der Waals surface area contributed by atoms with Crippen LogP contribution in [0.4, 0.5) is 0 Å². The average Bonchev–Trinajstić information content (AvgIpc) is 2.46. The smallest absolute Gasteiger partial charge is 0.246 e. The third-order valence-electron chi connectivity index (χ3n) is 5.13. The predicted molar refractivity (Wildman–Crippen MR) is 83.9 cm³/mol. The molecule has 1 saturated carbocycles. The highest BCUT2D eigenvalue weighted by atomic mass is 16.2. The maximum Gasteiger partial charge on any atom is 0.246 e. The maximum atomic E-state index is 13.0. The number of amides is 2. The lowest BCUT2D eigenvalue weighted by atomic mass is 9.76. The Morgan fingerprint density at radius 2 is 1.86 bits per heavy atom. The van der Waals surface area contributed by atoms with Crippen molar-refractivity contribution >= 4 is 11.8 Å². The molecular weight excluding hydrogens is 264 g/mol. The molecule has 0 bridgehead atoms. The summed E-state index contributed by atoms with van der Waals surface area (Å²) in [7, 11) is 0. The third-order valence-corrected chi connectivity index (χ3v) is 5.13. The highest BCUT2D eigenvalue weighted by Crippen LogP contribution is 2.39. The largest absolute Gasteiger partial charge is 0.342 e. The average molecular weight is 294 g/mol. The van der Waals surface area contributed by atoms with E-state index in [1.165, 1.54) is 6.42 Å². The summed E-state index contributed by atoms with van der Waals surface area (Å²) in [5.41, 5.74) is -0.561. The highest BCUT2D eigenvalue weighted by molar-refractivity contribution is 6.00. The van der Waals surface area contributed by atoms with Crippen molar-refractivity contribution in [2.45, 2.75) is 96.2 Å². The molecule has 4 heteroatoms. The van der Waals surface area contributed by atoms with E-state index in [-0.39, 0.29) is 23.9 Å². The molecule has 2 atom stereocenters. The lowest BCUT2D eigenvalue weighted by molar-refractivity contribution is -0.164. The molecular formula is C17H30N2O2. The molecule has 0 aromatic rings. The van der Waals surface area contributed by atoms with E-state index in [4.69, 9.17) is 0 Å². The van der Waals surface area contributed by atoms with Gasteiger partial charge in [-0.3, -0.25) is 9.59 Å². The summed E-state index contributed by atoms with van der Waals surface area (Å²) in [5, 5.41) is 3.02. The van der Waals surface area contributed by atoms with Gasteiger partial charge < -0.3 is 10.2 Å². The van der Waals surface area contributed by atoms with Crippen LogP contribution in [0.25, 0.3) is 0 Å². The molecule has 120 valence electrons. The van der Waals surface area contributed by atoms with E-state index < -0.39 is 5.54 Å². The minimum atomic E-state index is -0.561. The Morgan fingerprint density at radius 3 is 2.43 bits per heavy atom. The van der Waals surface area contributed by atoms with Crippen LogP contribution in [0.3, 0.4) is 0 Å². The number of nitrogens with zero attached hydrogens (tertiary/aromatic N) is 1. The summed E-state index contributed by atoms with van der Waals surface area (Å²) >= 11 is 0. The summed E-state index contributed by atoms with van der Waals surface area (Å²) in [6, 6.07) is -0.152. The van der Waals surface area contributed by atoms with Gasteiger partial charge in [0.2, 0.25) is 11.8 Å². The van der Waals surface area contributed by atoms with Crippen LogP contribution in [0, 0.1) is 0 Å². The van der Waals surface area contributed by atoms with Gasteiger partial charge in [-0.2, -0.15) is 0 Å². The van der Waals surface area contributed by atoms with Crippen molar-refractivity contribution < 1.29 is 9.59 Å². The van der Waals surface area contributed by atoms with E-state index >= 15 is 0 Å². The summed E-state index contributed by atoms with van der Waals surface area (Å²) in [6.45, 7) is 6.31. The van der Waals surface area contributed by atoms with Gasteiger partial charge in [-0.15, -0.1) is 0 Å². The Balaban J connectivity index is 2.32.